The predicted octanol–water partition coefficient (Wildman–Crippen LogP) is 1.70. The number of halogens is 2. The van der Waals surface area contributed by atoms with Crippen molar-refractivity contribution in [1.82, 2.24) is 4.90 Å². The molecule has 114 valence electrons. The Morgan fingerprint density at radius 1 is 1.24 bits per heavy atom. The van der Waals surface area contributed by atoms with Gasteiger partial charge in [-0.3, -0.25) is 14.5 Å². The van der Waals surface area contributed by atoms with Gasteiger partial charge in [0, 0.05) is 0 Å². The van der Waals surface area contributed by atoms with Crippen LogP contribution >= 0.6 is 0 Å². The van der Waals surface area contributed by atoms with E-state index in [1.807, 2.05) is 0 Å². The van der Waals surface area contributed by atoms with E-state index in [-0.39, 0.29) is 12.5 Å². The summed E-state index contributed by atoms with van der Waals surface area (Å²) >= 11 is 0. The molecule has 1 saturated heterocycles. The molecule has 2 N–H and O–H groups in total. The molecule has 1 aliphatic heterocycles. The van der Waals surface area contributed by atoms with Crippen LogP contribution in [0.15, 0.2) is 18.2 Å². The molecule has 0 aliphatic carbocycles. The molecular weight excluding hydrogens is 282 g/mol. The monoisotopic (exact) mass is 298 g/mol. The van der Waals surface area contributed by atoms with Crippen molar-refractivity contribution in [2.45, 2.75) is 12.8 Å². The Balaban J connectivity index is 1.87. The van der Waals surface area contributed by atoms with Crippen molar-refractivity contribution in [3.63, 3.8) is 0 Å². The average molecular weight is 298 g/mol. The molecule has 0 saturated carbocycles. The smallest absolute Gasteiger partial charge is 0.306 e. The Morgan fingerprint density at radius 3 is 2.33 bits per heavy atom. The number of likely N-dealkylation sites (tertiary alicyclic amines) is 1. The Bertz CT molecular complexity index is 523. The lowest BCUT2D eigenvalue weighted by Crippen LogP contribution is -2.40. The Kier molecular flexibility index (Phi) is 4.85. The second kappa shape index (κ2) is 6.62. The lowest BCUT2D eigenvalue weighted by molar-refractivity contribution is -0.143. The lowest BCUT2D eigenvalue weighted by atomic mass is 9.97. The maximum absolute atomic E-state index is 13.4. The molecule has 0 radical (unpaired) electrons. The standard InChI is InChI=1S/C14H16F2N2O3/c15-10-2-1-3-11(16)13(10)17-12(19)8-18-6-4-9(5-7-18)14(20)21/h1-3,9H,4-8H2,(H,17,19)(H,20,21). The Hall–Kier alpha value is -2.02. The molecule has 0 bridgehead atoms. The summed E-state index contributed by atoms with van der Waals surface area (Å²) in [5.74, 6) is -3.38. The topological polar surface area (TPSA) is 69.6 Å². The van der Waals surface area contributed by atoms with Gasteiger partial charge in [0.05, 0.1) is 12.5 Å². The average Bonchev–Trinajstić information content (AvgIpc) is 2.43. The van der Waals surface area contributed by atoms with E-state index in [2.05, 4.69) is 5.32 Å². The largest absolute Gasteiger partial charge is 0.481 e. The fourth-order valence-corrected chi connectivity index (χ4v) is 2.34. The summed E-state index contributed by atoms with van der Waals surface area (Å²) in [6.45, 7) is 0.939. The van der Waals surface area contributed by atoms with Crippen molar-refractivity contribution in [2.75, 3.05) is 25.0 Å². The molecule has 1 aromatic rings. The zero-order valence-electron chi connectivity index (χ0n) is 11.3. The highest BCUT2D eigenvalue weighted by molar-refractivity contribution is 5.92. The maximum atomic E-state index is 13.4. The van der Waals surface area contributed by atoms with Crippen molar-refractivity contribution >= 4 is 17.6 Å². The number of hydrogen-bond donors (Lipinski definition) is 2. The molecule has 1 aromatic carbocycles. The van der Waals surface area contributed by atoms with E-state index in [9.17, 15) is 18.4 Å². The van der Waals surface area contributed by atoms with Gasteiger partial charge in [-0.1, -0.05) is 6.07 Å². The normalized spacial score (nSPS) is 16.7. The second-order valence-electron chi connectivity index (χ2n) is 5.03. The van der Waals surface area contributed by atoms with Crippen LogP contribution in [0.3, 0.4) is 0 Å². The van der Waals surface area contributed by atoms with Gasteiger partial charge in [0.15, 0.2) is 0 Å². The summed E-state index contributed by atoms with van der Waals surface area (Å²) in [7, 11) is 0. The van der Waals surface area contributed by atoms with Gasteiger partial charge < -0.3 is 10.4 Å². The maximum Gasteiger partial charge on any atom is 0.306 e. The van der Waals surface area contributed by atoms with E-state index < -0.39 is 29.2 Å². The summed E-state index contributed by atoms with van der Waals surface area (Å²) in [6.07, 6.45) is 0.938. The fourth-order valence-electron chi connectivity index (χ4n) is 2.34. The number of nitrogens with one attached hydrogen (secondary N) is 1. The summed E-state index contributed by atoms with van der Waals surface area (Å²) in [6, 6.07) is 3.35. The van der Waals surface area contributed by atoms with Gasteiger partial charge in [0.1, 0.15) is 17.3 Å². The van der Waals surface area contributed by atoms with Gasteiger partial charge in [0.2, 0.25) is 5.91 Å². The van der Waals surface area contributed by atoms with E-state index in [0.29, 0.717) is 25.9 Å². The van der Waals surface area contributed by atoms with Gasteiger partial charge in [-0.2, -0.15) is 0 Å². The second-order valence-corrected chi connectivity index (χ2v) is 5.03. The molecule has 1 amide bonds. The minimum absolute atomic E-state index is 0.0138. The number of para-hydroxylation sites is 1. The van der Waals surface area contributed by atoms with Crippen molar-refractivity contribution in [2.24, 2.45) is 5.92 Å². The fraction of sp³-hybridized carbons (Fsp3) is 0.429. The first kappa shape index (κ1) is 15.4. The molecule has 2 rings (SSSR count). The number of hydrogen-bond acceptors (Lipinski definition) is 3. The van der Waals surface area contributed by atoms with Crippen LogP contribution in [0, 0.1) is 17.6 Å². The van der Waals surface area contributed by atoms with E-state index in [0.717, 1.165) is 12.1 Å². The Morgan fingerprint density at radius 2 is 1.81 bits per heavy atom. The van der Waals surface area contributed by atoms with Crippen LogP contribution in [0.25, 0.3) is 0 Å². The zero-order valence-corrected chi connectivity index (χ0v) is 11.3. The van der Waals surface area contributed by atoms with Gasteiger partial charge in [-0.25, -0.2) is 8.78 Å². The summed E-state index contributed by atoms with van der Waals surface area (Å²) in [4.78, 5) is 24.4. The summed E-state index contributed by atoms with van der Waals surface area (Å²) < 4.78 is 26.8. The van der Waals surface area contributed by atoms with Gasteiger partial charge in [-0.05, 0) is 38.1 Å². The molecule has 0 unspecified atom stereocenters. The Labute approximate surface area is 120 Å². The third-order valence-electron chi connectivity index (χ3n) is 3.53. The van der Waals surface area contributed by atoms with Crippen LogP contribution in [-0.4, -0.2) is 41.5 Å². The van der Waals surface area contributed by atoms with Crippen molar-refractivity contribution in [1.29, 1.82) is 0 Å². The number of carbonyl (C=O) groups is 2. The third kappa shape index (κ3) is 3.98. The van der Waals surface area contributed by atoms with Crippen LogP contribution in [-0.2, 0) is 9.59 Å². The minimum atomic E-state index is -0.826. The van der Waals surface area contributed by atoms with E-state index in [4.69, 9.17) is 5.11 Å². The quantitative estimate of drug-likeness (QED) is 0.887. The minimum Gasteiger partial charge on any atom is -0.481 e. The van der Waals surface area contributed by atoms with Crippen molar-refractivity contribution in [3.05, 3.63) is 29.8 Å². The van der Waals surface area contributed by atoms with Crippen LogP contribution in [0.1, 0.15) is 12.8 Å². The number of benzene rings is 1. The van der Waals surface area contributed by atoms with Crippen molar-refractivity contribution in [3.8, 4) is 0 Å². The van der Waals surface area contributed by atoms with Crippen LogP contribution in [0.5, 0.6) is 0 Å². The molecule has 5 nitrogen and oxygen atoms in total. The highest BCUT2D eigenvalue weighted by Crippen LogP contribution is 2.19. The third-order valence-corrected chi connectivity index (χ3v) is 3.53. The molecule has 0 spiro atoms. The van der Waals surface area contributed by atoms with E-state index >= 15 is 0 Å². The first-order chi connectivity index (χ1) is 9.97. The highest BCUT2D eigenvalue weighted by Gasteiger charge is 2.25. The zero-order chi connectivity index (χ0) is 15.4. The number of amides is 1. The molecular formula is C14H16F2N2O3. The lowest BCUT2D eigenvalue weighted by Gasteiger charge is -2.29. The number of aliphatic carboxylic acids is 1. The summed E-state index contributed by atoms with van der Waals surface area (Å²) in [5.41, 5.74) is -0.456. The molecule has 1 fully saturated rings. The van der Waals surface area contributed by atoms with Gasteiger partial charge in [0.25, 0.3) is 0 Å². The number of nitrogens with zero attached hydrogens (tertiary/aromatic N) is 1. The molecule has 1 heterocycles. The van der Waals surface area contributed by atoms with E-state index in [1.165, 1.54) is 6.07 Å². The van der Waals surface area contributed by atoms with E-state index in [1.54, 1.807) is 4.90 Å². The first-order valence-corrected chi connectivity index (χ1v) is 6.66. The number of piperidine rings is 1. The number of rotatable bonds is 4. The molecule has 0 aromatic heterocycles. The predicted molar refractivity (Wildman–Crippen MR) is 71.8 cm³/mol. The number of carbonyl (C=O) groups excluding carboxylic acids is 1. The number of anilines is 1. The SMILES string of the molecule is O=C(CN1CCC(C(=O)O)CC1)Nc1c(F)cccc1F. The highest BCUT2D eigenvalue weighted by atomic mass is 19.1. The number of carboxylic acids is 1. The van der Waals surface area contributed by atoms with Gasteiger partial charge in [-0.15, -0.1) is 0 Å². The molecule has 0 atom stereocenters. The van der Waals surface area contributed by atoms with Gasteiger partial charge >= 0.3 is 5.97 Å². The van der Waals surface area contributed by atoms with Crippen LogP contribution in [0.2, 0.25) is 0 Å². The molecule has 21 heavy (non-hydrogen) atoms. The molecule has 1 aliphatic rings. The van der Waals surface area contributed by atoms with Crippen molar-refractivity contribution < 1.29 is 23.5 Å². The first-order valence-electron chi connectivity index (χ1n) is 6.66. The van der Waals surface area contributed by atoms with Crippen LogP contribution in [0.4, 0.5) is 14.5 Å². The summed E-state index contributed by atoms with van der Waals surface area (Å²) in [5, 5.41) is 11.1. The molecule has 7 heteroatoms. The van der Waals surface area contributed by atoms with Crippen LogP contribution < -0.4 is 5.32 Å². The number of carboxylic acid groups (broad SMARTS) is 1.